The van der Waals surface area contributed by atoms with Gasteiger partial charge in [-0.05, 0) is 37.1 Å². The largest absolute Gasteiger partial charge is 0.465 e. The standard InChI is InChI=1S/C20H20N4O4/c1-28-20(25)15-12-14(6-7-18(15)24(26)27)23-10-8-13(9-11-23)19-21-16-4-2-3-5-17(16)22-19/h2-7,12-13H,8-11H2,1H3,(H,21,22). The van der Waals surface area contributed by atoms with E-state index in [1.165, 1.54) is 13.2 Å². The van der Waals surface area contributed by atoms with E-state index in [1.54, 1.807) is 12.1 Å². The third kappa shape index (κ3) is 3.28. The number of aromatic nitrogens is 2. The molecule has 0 bridgehead atoms. The van der Waals surface area contributed by atoms with Crippen LogP contribution in [0.1, 0.15) is 34.9 Å². The number of nitrogens with one attached hydrogen (secondary N) is 1. The van der Waals surface area contributed by atoms with Crippen molar-refractivity contribution in [1.82, 2.24) is 9.97 Å². The smallest absolute Gasteiger partial charge is 0.344 e. The number of fused-ring (bicyclic) bond motifs is 1. The molecule has 144 valence electrons. The molecule has 28 heavy (non-hydrogen) atoms. The van der Waals surface area contributed by atoms with Gasteiger partial charge in [0.25, 0.3) is 5.69 Å². The number of anilines is 1. The fourth-order valence-corrected chi connectivity index (χ4v) is 3.73. The van der Waals surface area contributed by atoms with Gasteiger partial charge in [0.05, 0.1) is 23.1 Å². The zero-order valence-electron chi connectivity index (χ0n) is 15.4. The van der Waals surface area contributed by atoms with Crippen molar-refractivity contribution in [2.75, 3.05) is 25.1 Å². The Morgan fingerprint density at radius 3 is 2.68 bits per heavy atom. The van der Waals surface area contributed by atoms with Gasteiger partial charge in [-0.25, -0.2) is 9.78 Å². The summed E-state index contributed by atoms with van der Waals surface area (Å²) in [7, 11) is 1.22. The molecule has 1 fully saturated rings. The minimum absolute atomic E-state index is 0.0237. The lowest BCUT2D eigenvalue weighted by molar-refractivity contribution is -0.385. The second-order valence-corrected chi connectivity index (χ2v) is 6.85. The summed E-state index contributed by atoms with van der Waals surface area (Å²) in [6.45, 7) is 1.56. The summed E-state index contributed by atoms with van der Waals surface area (Å²) in [6, 6.07) is 12.6. The maximum absolute atomic E-state index is 11.9. The van der Waals surface area contributed by atoms with Crippen molar-refractivity contribution in [1.29, 1.82) is 0 Å². The summed E-state index contributed by atoms with van der Waals surface area (Å²) in [6.07, 6.45) is 1.81. The Bertz CT molecular complexity index is 1000. The van der Waals surface area contributed by atoms with E-state index in [0.717, 1.165) is 48.5 Å². The van der Waals surface area contributed by atoms with Gasteiger partial charge in [0, 0.05) is 30.8 Å². The van der Waals surface area contributed by atoms with E-state index in [-0.39, 0.29) is 11.3 Å². The van der Waals surface area contributed by atoms with Gasteiger partial charge in [0.2, 0.25) is 0 Å². The monoisotopic (exact) mass is 380 g/mol. The summed E-state index contributed by atoms with van der Waals surface area (Å²) >= 11 is 0. The summed E-state index contributed by atoms with van der Waals surface area (Å²) in [5.74, 6) is 0.632. The molecule has 0 amide bonds. The van der Waals surface area contributed by atoms with Crippen LogP contribution in [-0.4, -0.2) is 41.1 Å². The Morgan fingerprint density at radius 2 is 2.00 bits per heavy atom. The van der Waals surface area contributed by atoms with Gasteiger partial charge >= 0.3 is 5.97 Å². The van der Waals surface area contributed by atoms with Crippen LogP contribution < -0.4 is 4.90 Å². The first-order chi connectivity index (χ1) is 13.6. The fraction of sp³-hybridized carbons (Fsp3) is 0.300. The zero-order chi connectivity index (χ0) is 19.7. The van der Waals surface area contributed by atoms with Crippen LogP contribution >= 0.6 is 0 Å². The van der Waals surface area contributed by atoms with Gasteiger partial charge in [0.15, 0.2) is 0 Å². The van der Waals surface area contributed by atoms with Crippen molar-refractivity contribution >= 4 is 28.4 Å². The highest BCUT2D eigenvalue weighted by atomic mass is 16.6. The van der Waals surface area contributed by atoms with E-state index in [0.29, 0.717) is 5.92 Å². The second-order valence-electron chi connectivity index (χ2n) is 6.85. The van der Waals surface area contributed by atoms with Crippen LogP contribution in [0.3, 0.4) is 0 Å². The number of H-pyrrole nitrogens is 1. The van der Waals surface area contributed by atoms with Crippen LogP contribution in [0.5, 0.6) is 0 Å². The minimum Gasteiger partial charge on any atom is -0.465 e. The third-order valence-corrected chi connectivity index (χ3v) is 5.24. The van der Waals surface area contributed by atoms with Crippen molar-refractivity contribution in [3.63, 3.8) is 0 Å². The van der Waals surface area contributed by atoms with Gasteiger partial charge in [-0.1, -0.05) is 12.1 Å². The van der Waals surface area contributed by atoms with E-state index >= 15 is 0 Å². The van der Waals surface area contributed by atoms with Crippen LogP contribution in [-0.2, 0) is 4.74 Å². The van der Waals surface area contributed by atoms with Crippen molar-refractivity contribution in [2.24, 2.45) is 0 Å². The molecule has 0 atom stereocenters. The summed E-state index contributed by atoms with van der Waals surface area (Å²) in [5.41, 5.74) is 2.53. The summed E-state index contributed by atoms with van der Waals surface area (Å²) in [4.78, 5) is 32.8. The molecule has 0 spiro atoms. The average molecular weight is 380 g/mol. The number of nitro groups is 1. The molecule has 4 rings (SSSR count). The number of ether oxygens (including phenoxy) is 1. The molecular formula is C20H20N4O4. The number of benzene rings is 2. The van der Waals surface area contributed by atoms with Crippen LogP contribution in [0.4, 0.5) is 11.4 Å². The molecule has 1 aromatic heterocycles. The lowest BCUT2D eigenvalue weighted by Gasteiger charge is -2.33. The number of hydrogen-bond acceptors (Lipinski definition) is 6. The quantitative estimate of drug-likeness (QED) is 0.421. The predicted octanol–water partition coefficient (Wildman–Crippen LogP) is 3.64. The first-order valence-electron chi connectivity index (χ1n) is 9.13. The summed E-state index contributed by atoms with van der Waals surface area (Å²) in [5, 5.41) is 11.2. The van der Waals surface area contributed by atoms with Crippen molar-refractivity contribution in [2.45, 2.75) is 18.8 Å². The van der Waals surface area contributed by atoms with Gasteiger partial charge in [-0.2, -0.15) is 0 Å². The average Bonchev–Trinajstić information content (AvgIpc) is 3.17. The molecule has 2 heterocycles. The molecule has 1 N–H and O–H groups in total. The Kier molecular flexibility index (Phi) is 4.68. The second kappa shape index (κ2) is 7.30. The highest BCUT2D eigenvalue weighted by Crippen LogP contribution is 2.32. The van der Waals surface area contributed by atoms with E-state index in [2.05, 4.69) is 9.88 Å². The number of imidazole rings is 1. The molecule has 2 aromatic carbocycles. The topological polar surface area (TPSA) is 101 Å². The normalized spacial score (nSPS) is 15.0. The number of carbonyl (C=O) groups excluding carboxylic acids is 1. The molecule has 1 aliphatic heterocycles. The maximum Gasteiger partial charge on any atom is 0.344 e. The number of hydrogen-bond donors (Lipinski definition) is 1. The van der Waals surface area contributed by atoms with Gasteiger partial charge in [-0.15, -0.1) is 0 Å². The van der Waals surface area contributed by atoms with E-state index < -0.39 is 10.9 Å². The molecule has 0 unspecified atom stereocenters. The van der Waals surface area contributed by atoms with Crippen molar-refractivity contribution in [3.8, 4) is 0 Å². The highest BCUT2D eigenvalue weighted by molar-refractivity contribution is 5.95. The lowest BCUT2D eigenvalue weighted by atomic mass is 9.95. The first-order valence-corrected chi connectivity index (χ1v) is 9.13. The number of esters is 1. The first kappa shape index (κ1) is 18.0. The van der Waals surface area contributed by atoms with E-state index in [9.17, 15) is 14.9 Å². The number of carbonyl (C=O) groups is 1. The molecular weight excluding hydrogens is 360 g/mol. The molecule has 0 saturated carbocycles. The van der Waals surface area contributed by atoms with Crippen LogP contribution in [0, 0.1) is 10.1 Å². The highest BCUT2D eigenvalue weighted by Gasteiger charge is 2.26. The Morgan fingerprint density at radius 1 is 1.25 bits per heavy atom. The zero-order valence-corrected chi connectivity index (χ0v) is 15.4. The van der Waals surface area contributed by atoms with E-state index in [4.69, 9.17) is 9.72 Å². The molecule has 8 nitrogen and oxygen atoms in total. The number of methoxy groups -OCH3 is 1. The van der Waals surface area contributed by atoms with Crippen LogP contribution in [0.2, 0.25) is 0 Å². The van der Waals surface area contributed by atoms with Crippen LogP contribution in [0.15, 0.2) is 42.5 Å². The molecule has 0 aliphatic carbocycles. The summed E-state index contributed by atoms with van der Waals surface area (Å²) < 4.78 is 4.70. The SMILES string of the molecule is COC(=O)c1cc(N2CCC(c3nc4ccccc4[nH]3)CC2)ccc1[N+](=O)[O-]. The molecule has 1 aliphatic rings. The van der Waals surface area contributed by atoms with Crippen LogP contribution in [0.25, 0.3) is 11.0 Å². The van der Waals surface area contributed by atoms with Crippen molar-refractivity contribution in [3.05, 3.63) is 64.0 Å². The number of aromatic amines is 1. The number of nitro benzene ring substituents is 1. The molecule has 1 saturated heterocycles. The van der Waals surface area contributed by atoms with Gasteiger partial charge in [0.1, 0.15) is 11.4 Å². The number of nitrogens with zero attached hydrogens (tertiary/aromatic N) is 3. The molecule has 0 radical (unpaired) electrons. The Balaban J connectivity index is 1.51. The minimum atomic E-state index is -0.703. The third-order valence-electron chi connectivity index (χ3n) is 5.24. The Labute approximate surface area is 161 Å². The number of para-hydroxylation sites is 2. The number of rotatable bonds is 4. The lowest BCUT2D eigenvalue weighted by Crippen LogP contribution is -2.33. The maximum atomic E-state index is 11.9. The van der Waals surface area contributed by atoms with Crippen molar-refractivity contribution < 1.29 is 14.5 Å². The van der Waals surface area contributed by atoms with Gasteiger partial charge < -0.3 is 14.6 Å². The van der Waals surface area contributed by atoms with E-state index in [1.807, 2.05) is 24.3 Å². The Hall–Kier alpha value is -3.42. The fourth-order valence-electron chi connectivity index (χ4n) is 3.73. The number of piperidine rings is 1. The molecule has 3 aromatic rings. The van der Waals surface area contributed by atoms with Gasteiger partial charge in [-0.3, -0.25) is 10.1 Å². The predicted molar refractivity (Wildman–Crippen MR) is 105 cm³/mol. The molecule has 8 heteroatoms.